The summed E-state index contributed by atoms with van der Waals surface area (Å²) in [6.07, 6.45) is 3.35. The van der Waals surface area contributed by atoms with E-state index >= 15 is 0 Å². The van der Waals surface area contributed by atoms with Gasteiger partial charge < -0.3 is 19.4 Å². The van der Waals surface area contributed by atoms with E-state index < -0.39 is 0 Å². The van der Waals surface area contributed by atoms with Crippen LogP contribution in [0.3, 0.4) is 0 Å². The van der Waals surface area contributed by atoms with Crippen LogP contribution in [0.4, 0.5) is 11.4 Å². The van der Waals surface area contributed by atoms with Gasteiger partial charge in [-0.25, -0.2) is 0 Å². The Morgan fingerprint density at radius 1 is 1.08 bits per heavy atom. The van der Waals surface area contributed by atoms with Crippen LogP contribution in [0.15, 0.2) is 53.3 Å². The molecule has 1 aliphatic heterocycles. The van der Waals surface area contributed by atoms with Crippen molar-refractivity contribution in [2.75, 3.05) is 45.7 Å². The molecule has 184 valence electrons. The monoisotopic (exact) mass is 521 g/mol. The van der Waals surface area contributed by atoms with E-state index in [0.29, 0.717) is 32.7 Å². The minimum absolute atomic E-state index is 0.401. The minimum atomic E-state index is 0.401. The number of piperazine rings is 1. The van der Waals surface area contributed by atoms with Gasteiger partial charge in [0.2, 0.25) is 0 Å². The highest BCUT2D eigenvalue weighted by Crippen LogP contribution is 2.38. The van der Waals surface area contributed by atoms with Crippen molar-refractivity contribution in [2.24, 2.45) is 0 Å². The predicted octanol–water partition coefficient (Wildman–Crippen LogP) is 6.17. The summed E-state index contributed by atoms with van der Waals surface area (Å²) in [6.45, 7) is 5.00. The molecule has 0 aliphatic carbocycles. The van der Waals surface area contributed by atoms with E-state index in [4.69, 9.17) is 32.4 Å². The van der Waals surface area contributed by atoms with Gasteiger partial charge in [-0.05, 0) is 30.8 Å². The number of anilines is 2. The number of ether oxygens (including phenoxy) is 1. The molecule has 3 heterocycles. The second-order valence-electron chi connectivity index (χ2n) is 8.86. The third kappa shape index (κ3) is 4.99. The SMILES string of the molecule is COc1cc(Nc2c(C#N)cnc3cc(-c4coc(CN5CCN(C)CC5)c4)ccc23)c(Cl)cc1Cl. The van der Waals surface area contributed by atoms with Gasteiger partial charge in [0.25, 0.3) is 0 Å². The maximum Gasteiger partial charge on any atom is 0.139 e. The first kappa shape index (κ1) is 24.4. The van der Waals surface area contributed by atoms with Crippen molar-refractivity contribution >= 4 is 45.5 Å². The molecule has 7 nitrogen and oxygen atoms in total. The summed E-state index contributed by atoms with van der Waals surface area (Å²) in [6, 6.07) is 13.6. The largest absolute Gasteiger partial charge is 0.495 e. The van der Waals surface area contributed by atoms with Crippen LogP contribution < -0.4 is 10.1 Å². The number of fused-ring (bicyclic) bond motifs is 1. The molecular weight excluding hydrogens is 497 g/mol. The van der Waals surface area contributed by atoms with Gasteiger partial charge in [0.15, 0.2) is 0 Å². The maximum atomic E-state index is 9.73. The fourth-order valence-electron chi connectivity index (χ4n) is 4.35. The van der Waals surface area contributed by atoms with Gasteiger partial charge in [-0.15, -0.1) is 0 Å². The fraction of sp³-hybridized carbons (Fsp3) is 0.259. The number of aromatic nitrogens is 1. The number of benzene rings is 2. The molecule has 36 heavy (non-hydrogen) atoms. The molecule has 0 bridgehead atoms. The number of pyridine rings is 1. The quantitative estimate of drug-likeness (QED) is 0.324. The van der Waals surface area contributed by atoms with Crippen LogP contribution in [0, 0.1) is 11.3 Å². The predicted molar refractivity (Wildman–Crippen MR) is 143 cm³/mol. The Morgan fingerprint density at radius 3 is 2.64 bits per heavy atom. The molecule has 4 aromatic rings. The van der Waals surface area contributed by atoms with Gasteiger partial charge in [0.05, 0.1) is 52.4 Å². The zero-order valence-electron chi connectivity index (χ0n) is 20.0. The summed E-state index contributed by atoms with van der Waals surface area (Å²) in [7, 11) is 3.69. The second-order valence-corrected chi connectivity index (χ2v) is 9.68. The molecule has 0 spiro atoms. The van der Waals surface area contributed by atoms with Crippen LogP contribution in [0.25, 0.3) is 22.0 Å². The number of hydrogen-bond acceptors (Lipinski definition) is 7. The molecule has 0 amide bonds. The Bertz CT molecular complexity index is 1450. The van der Waals surface area contributed by atoms with Gasteiger partial charge in [0.1, 0.15) is 17.6 Å². The van der Waals surface area contributed by atoms with Gasteiger partial charge >= 0.3 is 0 Å². The minimum Gasteiger partial charge on any atom is -0.495 e. The summed E-state index contributed by atoms with van der Waals surface area (Å²) in [5.74, 6) is 1.42. The number of furan rings is 1. The van der Waals surface area contributed by atoms with Gasteiger partial charge in [-0.2, -0.15) is 5.26 Å². The summed E-state index contributed by atoms with van der Waals surface area (Å²) in [5.41, 5.74) is 4.32. The maximum absolute atomic E-state index is 9.73. The molecule has 2 aromatic heterocycles. The van der Waals surface area contributed by atoms with Crippen LogP contribution in [-0.2, 0) is 6.54 Å². The van der Waals surface area contributed by atoms with E-state index in [1.807, 2.05) is 18.2 Å². The number of nitrogens with one attached hydrogen (secondary N) is 1. The highest BCUT2D eigenvalue weighted by Gasteiger charge is 2.17. The van der Waals surface area contributed by atoms with Crippen molar-refractivity contribution in [2.45, 2.75) is 6.54 Å². The summed E-state index contributed by atoms with van der Waals surface area (Å²) in [4.78, 5) is 9.28. The lowest BCUT2D eigenvalue weighted by molar-refractivity contribution is 0.140. The molecule has 1 fully saturated rings. The lowest BCUT2D eigenvalue weighted by Gasteiger charge is -2.31. The van der Waals surface area contributed by atoms with Crippen molar-refractivity contribution in [1.29, 1.82) is 5.26 Å². The Labute approximate surface area is 219 Å². The third-order valence-electron chi connectivity index (χ3n) is 6.45. The van der Waals surface area contributed by atoms with E-state index in [0.717, 1.165) is 60.5 Å². The number of methoxy groups -OCH3 is 1. The smallest absolute Gasteiger partial charge is 0.139 e. The zero-order chi connectivity index (χ0) is 25.2. The van der Waals surface area contributed by atoms with E-state index in [-0.39, 0.29) is 0 Å². The molecule has 0 saturated carbocycles. The molecule has 1 N–H and O–H groups in total. The van der Waals surface area contributed by atoms with Crippen LogP contribution in [0.2, 0.25) is 10.0 Å². The average Bonchev–Trinajstić information content (AvgIpc) is 3.35. The Morgan fingerprint density at radius 2 is 1.89 bits per heavy atom. The topological polar surface area (TPSA) is 77.6 Å². The first-order chi connectivity index (χ1) is 17.4. The van der Waals surface area contributed by atoms with E-state index in [9.17, 15) is 5.26 Å². The van der Waals surface area contributed by atoms with Crippen molar-refractivity contribution in [3.8, 4) is 22.9 Å². The highest BCUT2D eigenvalue weighted by atomic mass is 35.5. The normalized spacial score (nSPS) is 14.6. The number of hydrogen-bond donors (Lipinski definition) is 1. The lowest BCUT2D eigenvalue weighted by atomic mass is 10.0. The van der Waals surface area contributed by atoms with Crippen LogP contribution in [-0.4, -0.2) is 55.1 Å². The third-order valence-corrected chi connectivity index (χ3v) is 7.06. The Kier molecular flexibility index (Phi) is 7.04. The number of rotatable bonds is 6. The molecule has 9 heteroatoms. The zero-order valence-corrected chi connectivity index (χ0v) is 21.5. The molecule has 0 atom stereocenters. The first-order valence-corrected chi connectivity index (χ1v) is 12.3. The molecule has 0 unspecified atom stereocenters. The number of likely N-dealkylation sites (N-methyl/N-ethyl adjacent to an activating group) is 1. The van der Waals surface area contributed by atoms with Crippen molar-refractivity contribution in [1.82, 2.24) is 14.8 Å². The van der Waals surface area contributed by atoms with Crippen LogP contribution in [0.1, 0.15) is 11.3 Å². The van der Waals surface area contributed by atoms with Gasteiger partial charge in [-0.1, -0.05) is 35.3 Å². The molecule has 1 saturated heterocycles. The second kappa shape index (κ2) is 10.4. The summed E-state index contributed by atoms with van der Waals surface area (Å²) >= 11 is 12.6. The summed E-state index contributed by atoms with van der Waals surface area (Å²) in [5, 5.41) is 14.6. The van der Waals surface area contributed by atoms with Crippen molar-refractivity contribution in [3.05, 3.63) is 70.2 Å². The van der Waals surface area contributed by atoms with E-state index in [2.05, 4.69) is 39.3 Å². The molecule has 5 rings (SSSR count). The number of nitrogens with zero attached hydrogens (tertiary/aromatic N) is 4. The van der Waals surface area contributed by atoms with E-state index in [1.54, 1.807) is 24.6 Å². The fourth-order valence-corrected chi connectivity index (χ4v) is 4.86. The van der Waals surface area contributed by atoms with E-state index in [1.165, 1.54) is 7.11 Å². The first-order valence-electron chi connectivity index (χ1n) is 11.6. The Balaban J connectivity index is 1.44. The molecule has 1 aliphatic rings. The van der Waals surface area contributed by atoms with Crippen LogP contribution >= 0.6 is 23.2 Å². The lowest BCUT2D eigenvalue weighted by Crippen LogP contribution is -2.43. The van der Waals surface area contributed by atoms with Crippen molar-refractivity contribution in [3.63, 3.8) is 0 Å². The standard InChI is InChI=1S/C27H25Cl2N5O2/c1-33-5-7-34(8-6-33)15-20-9-18(16-36-20)17-3-4-21-24(10-17)31-14-19(13-30)27(21)32-25-12-26(35-2)23(29)11-22(25)28/h3-4,9-12,14,16H,5-8,15H2,1-2H3,(H,31,32). The number of halogens is 2. The molecular formula is C27H25Cl2N5O2. The van der Waals surface area contributed by atoms with Gasteiger partial charge in [0, 0.05) is 49.4 Å². The van der Waals surface area contributed by atoms with Crippen LogP contribution in [0.5, 0.6) is 5.75 Å². The molecule has 0 radical (unpaired) electrons. The number of nitriles is 1. The van der Waals surface area contributed by atoms with Crippen molar-refractivity contribution < 1.29 is 9.15 Å². The Hall–Kier alpha value is -3.28. The van der Waals surface area contributed by atoms with Gasteiger partial charge in [-0.3, -0.25) is 9.88 Å². The molecule has 2 aromatic carbocycles. The summed E-state index contributed by atoms with van der Waals surface area (Å²) < 4.78 is 11.2. The highest BCUT2D eigenvalue weighted by molar-refractivity contribution is 6.37. The average molecular weight is 522 g/mol.